The van der Waals surface area contributed by atoms with Crippen LogP contribution >= 0.6 is 0 Å². The van der Waals surface area contributed by atoms with Crippen molar-refractivity contribution in [3.05, 3.63) is 24.5 Å². The molecule has 0 aromatic heterocycles. The summed E-state index contributed by atoms with van der Waals surface area (Å²) in [4.78, 5) is 64.8. The zero-order valence-electron chi connectivity index (χ0n) is 19.8. The highest BCUT2D eigenvalue weighted by Crippen LogP contribution is 2.30. The number of allylic oxidation sites excluding steroid dienone is 1. The summed E-state index contributed by atoms with van der Waals surface area (Å²) in [7, 11) is 0. The summed E-state index contributed by atoms with van der Waals surface area (Å²) in [6, 6.07) is 0. The lowest BCUT2D eigenvalue weighted by Gasteiger charge is -2.30. The summed E-state index contributed by atoms with van der Waals surface area (Å²) in [5.74, 6) is -1.49. The molecule has 10 heteroatoms. The van der Waals surface area contributed by atoms with E-state index in [4.69, 9.17) is 9.57 Å². The van der Waals surface area contributed by atoms with Crippen LogP contribution < -0.4 is 5.32 Å². The highest BCUT2D eigenvalue weighted by atomic mass is 16.7. The molecule has 10 nitrogen and oxygen atoms in total. The zero-order chi connectivity index (χ0) is 24.8. The number of hydrogen-bond donors (Lipinski definition) is 1. The van der Waals surface area contributed by atoms with E-state index in [2.05, 4.69) is 11.9 Å². The maximum absolute atomic E-state index is 12.1. The van der Waals surface area contributed by atoms with Crippen LogP contribution in [0.3, 0.4) is 0 Å². The molecule has 182 valence electrons. The van der Waals surface area contributed by atoms with Crippen molar-refractivity contribution in [2.45, 2.75) is 65.4 Å². The molecule has 0 atom stereocenters. The molecule has 0 saturated carbocycles. The first-order chi connectivity index (χ1) is 15.3. The van der Waals surface area contributed by atoms with Gasteiger partial charge < -0.3 is 14.9 Å². The number of amides is 5. The standard InChI is InChI=1S/C23H33N3O7/c1-16(33-26-20(30)8-9-21(26)31)14-22(2,3)11-13-32-23(4,5)15-24-17(27)10-12-25-18(28)6-7-19(25)29/h6-7H,1,8-15H2,2-5H3,(H,24,27). The van der Waals surface area contributed by atoms with E-state index in [1.165, 1.54) is 12.2 Å². The molecule has 2 aliphatic heterocycles. The molecule has 0 aromatic rings. The largest absolute Gasteiger partial charge is 0.374 e. The molecule has 0 bridgehead atoms. The van der Waals surface area contributed by atoms with Gasteiger partial charge in [0.25, 0.3) is 23.6 Å². The van der Waals surface area contributed by atoms with E-state index >= 15 is 0 Å². The van der Waals surface area contributed by atoms with Crippen LogP contribution in [0.25, 0.3) is 0 Å². The number of rotatable bonds is 13. The molecule has 2 aliphatic rings. The van der Waals surface area contributed by atoms with Gasteiger partial charge in [-0.15, -0.1) is 5.06 Å². The second-order valence-corrected chi connectivity index (χ2v) is 9.60. The average Bonchev–Trinajstić information content (AvgIpc) is 3.19. The SMILES string of the molecule is C=C(CC(C)(C)CCOC(C)(C)CNC(=O)CCN1C(=O)C=CC1=O)ON1C(=O)CCC1=O. The van der Waals surface area contributed by atoms with E-state index < -0.39 is 17.4 Å². The van der Waals surface area contributed by atoms with Crippen molar-refractivity contribution in [2.75, 3.05) is 19.7 Å². The predicted octanol–water partition coefficient (Wildman–Crippen LogP) is 1.61. The number of nitrogens with one attached hydrogen (secondary N) is 1. The van der Waals surface area contributed by atoms with Crippen LogP contribution in [0, 0.1) is 5.41 Å². The van der Waals surface area contributed by atoms with E-state index in [9.17, 15) is 24.0 Å². The van der Waals surface area contributed by atoms with Gasteiger partial charge in [-0.05, 0) is 25.7 Å². The third kappa shape index (κ3) is 8.12. The minimum Gasteiger partial charge on any atom is -0.374 e. The lowest BCUT2D eigenvalue weighted by Crippen LogP contribution is -2.42. The fourth-order valence-electron chi connectivity index (χ4n) is 3.36. The van der Waals surface area contributed by atoms with Gasteiger partial charge in [0.05, 0.1) is 5.60 Å². The second-order valence-electron chi connectivity index (χ2n) is 9.60. The Bertz CT molecular complexity index is 826. The van der Waals surface area contributed by atoms with Crippen molar-refractivity contribution in [3.8, 4) is 0 Å². The van der Waals surface area contributed by atoms with Crippen LogP contribution in [-0.4, -0.2) is 64.8 Å². The lowest BCUT2D eigenvalue weighted by atomic mass is 9.85. The van der Waals surface area contributed by atoms with Crippen LogP contribution in [-0.2, 0) is 33.5 Å². The number of nitrogens with zero attached hydrogens (tertiary/aromatic N) is 2. The quantitative estimate of drug-likeness (QED) is 0.325. The first kappa shape index (κ1) is 26.2. The third-order valence-electron chi connectivity index (χ3n) is 5.35. The van der Waals surface area contributed by atoms with E-state index in [0.29, 0.717) is 25.2 Å². The summed E-state index contributed by atoms with van der Waals surface area (Å²) < 4.78 is 5.94. The summed E-state index contributed by atoms with van der Waals surface area (Å²) in [5.41, 5.74) is -0.889. The molecule has 5 amide bonds. The number of ether oxygens (including phenoxy) is 1. The van der Waals surface area contributed by atoms with Gasteiger partial charge in [0.2, 0.25) is 5.91 Å². The van der Waals surface area contributed by atoms with Gasteiger partial charge in [-0.3, -0.25) is 28.9 Å². The molecule has 0 spiro atoms. The van der Waals surface area contributed by atoms with Crippen LogP contribution in [0.15, 0.2) is 24.5 Å². The predicted molar refractivity (Wildman–Crippen MR) is 118 cm³/mol. The number of hydrogen-bond acceptors (Lipinski definition) is 7. The highest BCUT2D eigenvalue weighted by Gasteiger charge is 2.33. The Kier molecular flexibility index (Phi) is 8.54. The normalized spacial score (nSPS) is 16.7. The molecule has 1 N–H and O–H groups in total. The molecule has 1 saturated heterocycles. The maximum atomic E-state index is 12.1. The van der Waals surface area contributed by atoms with Gasteiger partial charge in [-0.25, -0.2) is 0 Å². The molecular weight excluding hydrogens is 430 g/mol. The molecule has 0 unspecified atom stereocenters. The van der Waals surface area contributed by atoms with Gasteiger partial charge in [0, 0.05) is 57.5 Å². The topological polar surface area (TPSA) is 122 Å². The molecule has 33 heavy (non-hydrogen) atoms. The smallest absolute Gasteiger partial charge is 0.263 e. The highest BCUT2D eigenvalue weighted by molar-refractivity contribution is 6.13. The molecule has 2 heterocycles. The minimum atomic E-state index is -0.630. The van der Waals surface area contributed by atoms with Crippen molar-refractivity contribution in [3.63, 3.8) is 0 Å². The number of imide groups is 2. The van der Waals surface area contributed by atoms with Crippen LogP contribution in [0.5, 0.6) is 0 Å². The fraction of sp³-hybridized carbons (Fsp3) is 0.609. The Morgan fingerprint density at radius 3 is 2.21 bits per heavy atom. The summed E-state index contributed by atoms with van der Waals surface area (Å²) in [6.07, 6.45) is 3.79. The van der Waals surface area contributed by atoms with Gasteiger partial charge in [-0.2, -0.15) is 0 Å². The van der Waals surface area contributed by atoms with Crippen LogP contribution in [0.2, 0.25) is 0 Å². The summed E-state index contributed by atoms with van der Waals surface area (Å²) in [5, 5.41) is 3.55. The maximum Gasteiger partial charge on any atom is 0.263 e. The fourth-order valence-corrected chi connectivity index (χ4v) is 3.36. The van der Waals surface area contributed by atoms with Gasteiger partial charge in [0.15, 0.2) is 0 Å². The molecule has 0 aliphatic carbocycles. The molecule has 0 aromatic carbocycles. The van der Waals surface area contributed by atoms with E-state index in [0.717, 1.165) is 9.96 Å². The van der Waals surface area contributed by atoms with Crippen molar-refractivity contribution in [1.29, 1.82) is 0 Å². The lowest BCUT2D eigenvalue weighted by molar-refractivity contribution is -0.178. The number of carbonyl (C=O) groups is 5. The Labute approximate surface area is 193 Å². The Morgan fingerprint density at radius 2 is 1.64 bits per heavy atom. The minimum absolute atomic E-state index is 0.0202. The monoisotopic (exact) mass is 463 g/mol. The summed E-state index contributed by atoms with van der Waals surface area (Å²) >= 11 is 0. The average molecular weight is 464 g/mol. The Balaban J connectivity index is 1.67. The van der Waals surface area contributed by atoms with E-state index in [1.807, 2.05) is 27.7 Å². The van der Waals surface area contributed by atoms with E-state index in [1.54, 1.807) is 0 Å². The zero-order valence-corrected chi connectivity index (χ0v) is 19.8. The number of hydroxylamine groups is 2. The van der Waals surface area contributed by atoms with E-state index in [-0.39, 0.29) is 55.5 Å². The van der Waals surface area contributed by atoms with Gasteiger partial charge in [0.1, 0.15) is 5.76 Å². The molecule has 2 rings (SSSR count). The third-order valence-corrected chi connectivity index (χ3v) is 5.35. The van der Waals surface area contributed by atoms with Gasteiger partial charge >= 0.3 is 0 Å². The van der Waals surface area contributed by atoms with Crippen molar-refractivity contribution in [1.82, 2.24) is 15.3 Å². The second kappa shape index (κ2) is 10.7. The van der Waals surface area contributed by atoms with Crippen molar-refractivity contribution in [2.24, 2.45) is 5.41 Å². The van der Waals surface area contributed by atoms with Crippen LogP contribution in [0.4, 0.5) is 0 Å². The van der Waals surface area contributed by atoms with Gasteiger partial charge in [-0.1, -0.05) is 20.4 Å². The first-order valence-electron chi connectivity index (χ1n) is 11.0. The molecular formula is C23H33N3O7. The van der Waals surface area contributed by atoms with Crippen LogP contribution in [0.1, 0.15) is 59.8 Å². The number of carbonyl (C=O) groups excluding carboxylic acids is 5. The van der Waals surface area contributed by atoms with Crippen molar-refractivity contribution >= 4 is 29.5 Å². The van der Waals surface area contributed by atoms with Crippen molar-refractivity contribution < 1.29 is 33.5 Å². The Morgan fingerprint density at radius 1 is 1.06 bits per heavy atom. The Hall–Kier alpha value is -3.01. The first-order valence-corrected chi connectivity index (χ1v) is 11.0. The molecule has 1 fully saturated rings. The summed E-state index contributed by atoms with van der Waals surface area (Å²) in [6.45, 7) is 12.2. The molecule has 0 radical (unpaired) electrons.